The molecule has 1 fully saturated rings. The van der Waals surface area contributed by atoms with Gasteiger partial charge in [-0.3, -0.25) is 4.79 Å². The van der Waals surface area contributed by atoms with E-state index < -0.39 is 0 Å². The molecule has 4 rings (SSSR count). The van der Waals surface area contributed by atoms with Gasteiger partial charge < -0.3 is 9.88 Å². The molecule has 2 heterocycles. The first kappa shape index (κ1) is 12.7. The van der Waals surface area contributed by atoms with E-state index in [2.05, 4.69) is 16.4 Å². The second-order valence-corrected chi connectivity index (χ2v) is 6.52. The molecule has 1 N–H and O–H groups in total. The molecular weight excluding hydrogens is 280 g/mol. The van der Waals surface area contributed by atoms with E-state index in [1.54, 1.807) is 11.3 Å². The number of carbonyl (C=O) groups excluding carboxylic acids is 1. The lowest BCUT2D eigenvalue weighted by Gasteiger charge is -2.22. The van der Waals surface area contributed by atoms with Crippen LogP contribution in [0.25, 0.3) is 10.9 Å². The van der Waals surface area contributed by atoms with Gasteiger partial charge in [0.15, 0.2) is 0 Å². The number of fused-ring (bicyclic) bond motifs is 1. The third kappa shape index (κ3) is 2.36. The number of hydrogen-bond acceptors (Lipinski definition) is 2. The van der Waals surface area contributed by atoms with E-state index in [1.165, 1.54) is 4.88 Å². The molecule has 0 spiro atoms. The molecule has 4 heteroatoms. The largest absolute Gasteiger partial charge is 0.361 e. The molecule has 1 aliphatic rings. The van der Waals surface area contributed by atoms with Crippen LogP contribution in [0.5, 0.6) is 0 Å². The van der Waals surface area contributed by atoms with Crippen LogP contribution in [0, 0.1) is 0 Å². The van der Waals surface area contributed by atoms with Crippen molar-refractivity contribution in [1.29, 1.82) is 0 Å². The van der Waals surface area contributed by atoms with Crippen molar-refractivity contribution in [2.45, 2.75) is 25.4 Å². The van der Waals surface area contributed by atoms with Gasteiger partial charge in [0.1, 0.15) is 0 Å². The van der Waals surface area contributed by atoms with Crippen molar-refractivity contribution < 1.29 is 4.79 Å². The zero-order valence-electron chi connectivity index (χ0n) is 11.6. The van der Waals surface area contributed by atoms with Gasteiger partial charge in [0, 0.05) is 33.6 Å². The molecule has 3 nitrogen and oxygen atoms in total. The molecule has 0 radical (unpaired) electrons. The molecule has 21 heavy (non-hydrogen) atoms. The number of nitrogens with zero attached hydrogens (tertiary/aromatic N) is 1. The Balaban J connectivity index is 1.69. The van der Waals surface area contributed by atoms with Crippen molar-refractivity contribution in [3.8, 4) is 0 Å². The Kier molecular flexibility index (Phi) is 3.04. The molecule has 2 aromatic heterocycles. The van der Waals surface area contributed by atoms with E-state index in [-0.39, 0.29) is 5.91 Å². The van der Waals surface area contributed by atoms with Gasteiger partial charge in [0.25, 0.3) is 5.91 Å². The summed E-state index contributed by atoms with van der Waals surface area (Å²) in [4.78, 5) is 19.4. The summed E-state index contributed by atoms with van der Waals surface area (Å²) in [6.45, 7) is 0.724. The Morgan fingerprint density at radius 3 is 2.90 bits per heavy atom. The summed E-state index contributed by atoms with van der Waals surface area (Å²) in [6.07, 6.45) is 4.14. The average molecular weight is 296 g/mol. The monoisotopic (exact) mass is 296 g/mol. The molecule has 0 saturated heterocycles. The Morgan fingerprint density at radius 1 is 1.24 bits per heavy atom. The Morgan fingerprint density at radius 2 is 2.14 bits per heavy atom. The van der Waals surface area contributed by atoms with Crippen molar-refractivity contribution in [1.82, 2.24) is 9.88 Å². The van der Waals surface area contributed by atoms with Crippen molar-refractivity contribution in [2.24, 2.45) is 0 Å². The van der Waals surface area contributed by atoms with E-state index in [0.29, 0.717) is 6.04 Å². The average Bonchev–Trinajstić information content (AvgIpc) is 3.02. The van der Waals surface area contributed by atoms with Crippen LogP contribution in [0.1, 0.15) is 28.1 Å². The molecule has 0 unspecified atom stereocenters. The van der Waals surface area contributed by atoms with E-state index in [9.17, 15) is 4.79 Å². The van der Waals surface area contributed by atoms with E-state index in [1.807, 2.05) is 41.4 Å². The fourth-order valence-electron chi connectivity index (χ4n) is 2.75. The van der Waals surface area contributed by atoms with Gasteiger partial charge in [-0.05, 0) is 42.5 Å². The number of nitrogens with one attached hydrogen (secondary N) is 1. The van der Waals surface area contributed by atoms with E-state index >= 15 is 0 Å². The van der Waals surface area contributed by atoms with Gasteiger partial charge in [0.05, 0.1) is 6.54 Å². The third-order valence-corrected chi connectivity index (χ3v) is 4.84. The lowest BCUT2D eigenvalue weighted by molar-refractivity contribution is 0.0733. The summed E-state index contributed by atoms with van der Waals surface area (Å²) >= 11 is 1.71. The first-order valence-electron chi connectivity index (χ1n) is 7.22. The fourth-order valence-corrected chi connectivity index (χ4v) is 3.45. The summed E-state index contributed by atoms with van der Waals surface area (Å²) in [5.74, 6) is 0.149. The third-order valence-electron chi connectivity index (χ3n) is 3.98. The number of aromatic nitrogens is 1. The highest BCUT2D eigenvalue weighted by atomic mass is 32.1. The molecule has 0 atom stereocenters. The van der Waals surface area contributed by atoms with Gasteiger partial charge in [-0.15, -0.1) is 11.3 Å². The predicted octanol–water partition coefficient (Wildman–Crippen LogP) is 4.03. The van der Waals surface area contributed by atoms with Crippen LogP contribution in [0.4, 0.5) is 0 Å². The zero-order chi connectivity index (χ0) is 14.2. The van der Waals surface area contributed by atoms with Crippen LogP contribution in [0.15, 0.2) is 48.0 Å². The van der Waals surface area contributed by atoms with Crippen LogP contribution in [-0.2, 0) is 6.54 Å². The van der Waals surface area contributed by atoms with Gasteiger partial charge in [-0.25, -0.2) is 0 Å². The van der Waals surface area contributed by atoms with Gasteiger partial charge in [-0.1, -0.05) is 12.1 Å². The minimum absolute atomic E-state index is 0.149. The lowest BCUT2D eigenvalue weighted by Crippen LogP contribution is -2.32. The first-order chi connectivity index (χ1) is 10.3. The zero-order valence-corrected chi connectivity index (χ0v) is 12.4. The number of rotatable bonds is 4. The fraction of sp³-hybridized carbons (Fsp3) is 0.235. The Hall–Kier alpha value is -2.07. The van der Waals surface area contributed by atoms with Gasteiger partial charge >= 0.3 is 0 Å². The number of hydrogen-bond donors (Lipinski definition) is 1. The minimum atomic E-state index is 0.149. The number of thiophene rings is 1. The second kappa shape index (κ2) is 5.04. The molecule has 1 amide bonds. The Bertz CT molecular complexity index is 771. The number of amides is 1. The summed E-state index contributed by atoms with van der Waals surface area (Å²) in [7, 11) is 0. The van der Waals surface area contributed by atoms with Crippen molar-refractivity contribution in [3.63, 3.8) is 0 Å². The highest BCUT2D eigenvalue weighted by Crippen LogP contribution is 2.31. The van der Waals surface area contributed by atoms with E-state index in [0.717, 1.165) is 35.9 Å². The molecule has 0 bridgehead atoms. The molecule has 0 aliphatic heterocycles. The second-order valence-electron chi connectivity index (χ2n) is 5.49. The molecule has 3 aromatic rings. The maximum atomic E-state index is 13.0. The molecule has 1 aliphatic carbocycles. The van der Waals surface area contributed by atoms with Crippen LogP contribution >= 0.6 is 11.3 Å². The maximum absolute atomic E-state index is 13.0. The predicted molar refractivity (Wildman–Crippen MR) is 85.5 cm³/mol. The molecule has 1 aromatic carbocycles. The van der Waals surface area contributed by atoms with Crippen LogP contribution in [0.2, 0.25) is 0 Å². The summed E-state index contributed by atoms with van der Waals surface area (Å²) in [5.41, 5.74) is 1.82. The first-order valence-corrected chi connectivity index (χ1v) is 8.10. The number of benzene rings is 1. The normalized spacial score (nSPS) is 14.5. The lowest BCUT2D eigenvalue weighted by atomic mass is 10.1. The summed E-state index contributed by atoms with van der Waals surface area (Å²) in [5, 5.41) is 3.08. The molecule has 1 saturated carbocycles. The minimum Gasteiger partial charge on any atom is -0.361 e. The van der Waals surface area contributed by atoms with Crippen molar-refractivity contribution in [3.05, 3.63) is 58.4 Å². The summed E-state index contributed by atoms with van der Waals surface area (Å²) < 4.78 is 0. The number of aromatic amines is 1. The van der Waals surface area contributed by atoms with Gasteiger partial charge in [0.2, 0.25) is 0 Å². The highest BCUT2D eigenvalue weighted by molar-refractivity contribution is 7.09. The Labute approximate surface area is 127 Å². The smallest absolute Gasteiger partial charge is 0.255 e. The van der Waals surface area contributed by atoms with Crippen LogP contribution in [-0.4, -0.2) is 21.8 Å². The highest BCUT2D eigenvalue weighted by Gasteiger charge is 2.33. The summed E-state index contributed by atoms with van der Waals surface area (Å²) in [6, 6.07) is 12.4. The van der Waals surface area contributed by atoms with Crippen molar-refractivity contribution >= 4 is 28.1 Å². The topological polar surface area (TPSA) is 36.1 Å². The maximum Gasteiger partial charge on any atom is 0.255 e. The SMILES string of the molecule is O=C(c1cccc2[nH]ccc12)N(Cc1cccs1)C1CC1. The quantitative estimate of drug-likeness (QED) is 0.775. The van der Waals surface area contributed by atoms with Gasteiger partial charge in [-0.2, -0.15) is 0 Å². The molecular formula is C17H16N2OS. The number of carbonyl (C=O) groups is 1. The van der Waals surface area contributed by atoms with Crippen molar-refractivity contribution in [2.75, 3.05) is 0 Å². The van der Waals surface area contributed by atoms with Crippen LogP contribution in [0.3, 0.4) is 0 Å². The number of H-pyrrole nitrogens is 1. The van der Waals surface area contributed by atoms with E-state index in [4.69, 9.17) is 0 Å². The molecule has 106 valence electrons. The standard InChI is InChI=1S/C17H16N2OS/c20-17(15-4-1-5-16-14(15)8-9-18-16)19(12-6-7-12)11-13-3-2-10-21-13/h1-5,8-10,12,18H,6-7,11H2. The van der Waals surface area contributed by atoms with Crippen LogP contribution < -0.4 is 0 Å².